The summed E-state index contributed by atoms with van der Waals surface area (Å²) in [6.45, 7) is 0. The van der Waals surface area contributed by atoms with Crippen LogP contribution in [0.3, 0.4) is 0 Å². The highest BCUT2D eigenvalue weighted by Gasteiger charge is 2.55. The van der Waals surface area contributed by atoms with E-state index in [1.807, 2.05) is 0 Å². The van der Waals surface area contributed by atoms with Crippen LogP contribution in [0.15, 0.2) is 12.1 Å². The molecule has 1 aliphatic carbocycles. The minimum Gasteiger partial charge on any atom is -0.475 e. The van der Waals surface area contributed by atoms with E-state index >= 15 is 0 Å². The molecule has 0 atom stereocenters. The summed E-state index contributed by atoms with van der Waals surface area (Å²) in [6.07, 6.45) is 1.15. The topological polar surface area (TPSA) is 108 Å². The third-order valence-electron chi connectivity index (χ3n) is 3.37. The summed E-state index contributed by atoms with van der Waals surface area (Å²) in [4.78, 5) is 33.7. The van der Waals surface area contributed by atoms with Crippen LogP contribution in [0.2, 0.25) is 0 Å². The number of carbonyl (C=O) groups excluding carboxylic acids is 2. The van der Waals surface area contributed by atoms with Crippen molar-refractivity contribution in [1.82, 2.24) is 0 Å². The number of anilines is 1. The maximum Gasteiger partial charge on any atom is 0.344 e. The standard InChI is InChI=1S/C12H10N2O6/c1-19-10(15)6-4-7-9(5-8(6)14(17)18)20-12(2-3-12)11(16)13-7/h4-5H,2-3H2,1H3,(H,13,16). The van der Waals surface area contributed by atoms with E-state index in [4.69, 9.17) is 4.74 Å². The van der Waals surface area contributed by atoms with Crippen LogP contribution >= 0.6 is 0 Å². The quantitative estimate of drug-likeness (QED) is 0.495. The van der Waals surface area contributed by atoms with Gasteiger partial charge in [-0.15, -0.1) is 0 Å². The average molecular weight is 278 g/mol. The summed E-state index contributed by atoms with van der Waals surface area (Å²) in [5, 5.41) is 13.6. The first-order valence-electron chi connectivity index (χ1n) is 5.88. The highest BCUT2D eigenvalue weighted by atomic mass is 16.6. The molecule has 8 nitrogen and oxygen atoms in total. The lowest BCUT2D eigenvalue weighted by atomic mass is 10.1. The molecular weight excluding hydrogens is 268 g/mol. The molecule has 3 rings (SSSR count). The van der Waals surface area contributed by atoms with E-state index in [0.29, 0.717) is 12.8 Å². The van der Waals surface area contributed by atoms with Crippen LogP contribution in [0, 0.1) is 10.1 Å². The second kappa shape index (κ2) is 3.92. The van der Waals surface area contributed by atoms with Crippen LogP contribution in [0.4, 0.5) is 11.4 Å². The first kappa shape index (κ1) is 12.4. The summed E-state index contributed by atoms with van der Waals surface area (Å²) in [5.74, 6) is -0.948. The van der Waals surface area contributed by atoms with Crippen molar-refractivity contribution in [2.24, 2.45) is 0 Å². The predicted octanol–water partition coefficient (Wildman–Crippen LogP) is 1.24. The number of nitrogens with zero attached hydrogens (tertiary/aromatic N) is 1. The van der Waals surface area contributed by atoms with Gasteiger partial charge in [-0.25, -0.2) is 4.79 Å². The first-order chi connectivity index (χ1) is 9.47. The zero-order valence-corrected chi connectivity index (χ0v) is 10.5. The minimum absolute atomic E-state index is 0.196. The molecule has 20 heavy (non-hydrogen) atoms. The minimum atomic E-state index is -0.895. The van der Waals surface area contributed by atoms with Crippen molar-refractivity contribution in [2.45, 2.75) is 18.4 Å². The number of ether oxygens (including phenoxy) is 2. The molecule has 1 N–H and O–H groups in total. The number of amides is 1. The van der Waals surface area contributed by atoms with E-state index in [1.165, 1.54) is 6.07 Å². The molecule has 1 aliphatic heterocycles. The fraction of sp³-hybridized carbons (Fsp3) is 0.333. The molecule has 1 heterocycles. The molecule has 1 amide bonds. The molecule has 1 aromatic carbocycles. The molecule has 0 bridgehead atoms. The van der Waals surface area contributed by atoms with E-state index in [1.54, 1.807) is 0 Å². The van der Waals surface area contributed by atoms with Crippen LogP contribution < -0.4 is 10.1 Å². The van der Waals surface area contributed by atoms with Crippen LogP contribution in [0.5, 0.6) is 5.75 Å². The normalized spacial score (nSPS) is 17.8. The number of nitrogens with one attached hydrogen (secondary N) is 1. The smallest absolute Gasteiger partial charge is 0.344 e. The molecule has 1 saturated carbocycles. The number of nitro groups is 1. The third-order valence-corrected chi connectivity index (χ3v) is 3.37. The first-order valence-corrected chi connectivity index (χ1v) is 5.88. The number of nitro benzene ring substituents is 1. The van der Waals surface area contributed by atoms with Gasteiger partial charge >= 0.3 is 5.97 Å². The van der Waals surface area contributed by atoms with Gasteiger partial charge in [0.05, 0.1) is 23.8 Å². The summed E-state index contributed by atoms with van der Waals surface area (Å²) < 4.78 is 10.0. The second-order valence-corrected chi connectivity index (χ2v) is 4.66. The Morgan fingerprint density at radius 2 is 2.20 bits per heavy atom. The average Bonchev–Trinajstić information content (AvgIpc) is 3.18. The van der Waals surface area contributed by atoms with Gasteiger partial charge in [-0.3, -0.25) is 14.9 Å². The number of esters is 1. The van der Waals surface area contributed by atoms with Crippen molar-refractivity contribution in [3.05, 3.63) is 27.8 Å². The Morgan fingerprint density at radius 3 is 2.75 bits per heavy atom. The molecule has 8 heteroatoms. The summed E-state index contributed by atoms with van der Waals surface area (Å²) in [7, 11) is 1.12. The van der Waals surface area contributed by atoms with Gasteiger partial charge in [0, 0.05) is 12.8 Å². The van der Waals surface area contributed by atoms with Crippen LogP contribution in [0.25, 0.3) is 0 Å². The van der Waals surface area contributed by atoms with Gasteiger partial charge in [-0.2, -0.15) is 0 Å². The largest absolute Gasteiger partial charge is 0.475 e. The monoisotopic (exact) mass is 278 g/mol. The second-order valence-electron chi connectivity index (χ2n) is 4.66. The Balaban J connectivity index is 2.11. The number of methoxy groups -OCH3 is 1. The lowest BCUT2D eigenvalue weighted by Crippen LogP contribution is -2.39. The van der Waals surface area contributed by atoms with Crippen molar-refractivity contribution >= 4 is 23.3 Å². The van der Waals surface area contributed by atoms with Gasteiger partial charge in [0.25, 0.3) is 11.6 Å². The van der Waals surface area contributed by atoms with Gasteiger partial charge in [-0.1, -0.05) is 0 Å². The van der Waals surface area contributed by atoms with E-state index in [-0.39, 0.29) is 22.9 Å². The maximum atomic E-state index is 11.8. The van der Waals surface area contributed by atoms with E-state index in [2.05, 4.69) is 10.1 Å². The summed E-state index contributed by atoms with van der Waals surface area (Å²) >= 11 is 0. The zero-order chi connectivity index (χ0) is 14.5. The van der Waals surface area contributed by atoms with Gasteiger partial charge in [0.2, 0.25) is 0 Å². The Hall–Kier alpha value is -2.64. The Labute approximate surface area is 112 Å². The fourth-order valence-electron chi connectivity index (χ4n) is 2.11. The molecule has 0 saturated heterocycles. The molecule has 0 aromatic heterocycles. The fourth-order valence-corrected chi connectivity index (χ4v) is 2.11. The van der Waals surface area contributed by atoms with Crippen LogP contribution in [0.1, 0.15) is 23.2 Å². The molecular formula is C12H10N2O6. The molecule has 0 radical (unpaired) electrons. The van der Waals surface area contributed by atoms with Crippen molar-refractivity contribution in [3.63, 3.8) is 0 Å². The van der Waals surface area contributed by atoms with Crippen molar-refractivity contribution in [2.75, 3.05) is 12.4 Å². The van der Waals surface area contributed by atoms with Gasteiger partial charge < -0.3 is 14.8 Å². The number of fused-ring (bicyclic) bond motifs is 1. The molecule has 1 aromatic rings. The molecule has 1 spiro atoms. The number of hydrogen-bond acceptors (Lipinski definition) is 6. The van der Waals surface area contributed by atoms with Crippen LogP contribution in [-0.2, 0) is 9.53 Å². The van der Waals surface area contributed by atoms with Gasteiger partial charge in [0.1, 0.15) is 5.56 Å². The van der Waals surface area contributed by atoms with Gasteiger partial charge in [0.15, 0.2) is 11.4 Å². The Kier molecular flexibility index (Phi) is 2.43. The molecule has 1 fully saturated rings. The maximum absolute atomic E-state index is 11.8. The highest BCUT2D eigenvalue weighted by molar-refractivity contribution is 6.05. The van der Waals surface area contributed by atoms with E-state index < -0.39 is 22.2 Å². The van der Waals surface area contributed by atoms with Crippen molar-refractivity contribution in [3.8, 4) is 5.75 Å². The van der Waals surface area contributed by atoms with Gasteiger partial charge in [-0.05, 0) is 6.07 Å². The van der Waals surface area contributed by atoms with E-state index in [0.717, 1.165) is 13.2 Å². The molecule has 0 unspecified atom stereocenters. The SMILES string of the molecule is COC(=O)c1cc2c(cc1[N+](=O)[O-])OC1(CC1)C(=O)N2. The lowest BCUT2D eigenvalue weighted by molar-refractivity contribution is -0.385. The number of hydrogen-bond donors (Lipinski definition) is 1. The highest BCUT2D eigenvalue weighted by Crippen LogP contribution is 2.48. The lowest BCUT2D eigenvalue weighted by Gasteiger charge is -2.25. The Bertz CT molecular complexity index is 650. The van der Waals surface area contributed by atoms with Crippen molar-refractivity contribution in [1.29, 1.82) is 0 Å². The summed E-state index contributed by atoms with van der Waals surface area (Å²) in [5.41, 5.74) is -1.30. The third kappa shape index (κ3) is 1.68. The molecule has 2 aliphatic rings. The van der Waals surface area contributed by atoms with E-state index in [9.17, 15) is 19.7 Å². The molecule has 104 valence electrons. The number of carbonyl (C=O) groups is 2. The summed E-state index contributed by atoms with van der Waals surface area (Å²) in [6, 6.07) is 2.34. The zero-order valence-electron chi connectivity index (χ0n) is 10.5. The van der Waals surface area contributed by atoms with Crippen LogP contribution in [-0.4, -0.2) is 29.5 Å². The Morgan fingerprint density at radius 1 is 1.50 bits per heavy atom. The number of benzene rings is 1. The predicted molar refractivity (Wildman–Crippen MR) is 65.7 cm³/mol. The van der Waals surface area contributed by atoms with Crippen molar-refractivity contribution < 1.29 is 24.0 Å². The number of rotatable bonds is 2.